The number of hydrogen-bond donors (Lipinski definition) is 1. The Balaban J connectivity index is 1.71. The lowest BCUT2D eigenvalue weighted by Crippen LogP contribution is -2.39. The van der Waals surface area contributed by atoms with Crippen LogP contribution in [0.1, 0.15) is 24.0 Å². The number of rotatable bonds is 7. The van der Waals surface area contributed by atoms with Gasteiger partial charge in [-0.05, 0) is 42.7 Å². The summed E-state index contributed by atoms with van der Waals surface area (Å²) in [6, 6.07) is 20.0. The molecule has 1 aromatic heterocycles. The number of amides is 1. The molecule has 2 N–H and O–H groups in total. The largest absolute Gasteiger partial charge is 0.497 e. The van der Waals surface area contributed by atoms with E-state index < -0.39 is 0 Å². The van der Waals surface area contributed by atoms with E-state index in [4.69, 9.17) is 20.4 Å². The Bertz CT molecular complexity index is 1150. The number of nitriles is 1. The molecule has 0 spiro atoms. The second-order valence-corrected chi connectivity index (χ2v) is 8.77. The highest BCUT2D eigenvalue weighted by atomic mass is 32.2. The van der Waals surface area contributed by atoms with Gasteiger partial charge in [0.2, 0.25) is 5.91 Å². The molecule has 0 saturated carbocycles. The Labute approximate surface area is 197 Å². The van der Waals surface area contributed by atoms with Crippen molar-refractivity contribution in [2.24, 2.45) is 11.7 Å². The minimum absolute atomic E-state index is 0.137. The molecule has 1 saturated heterocycles. The van der Waals surface area contributed by atoms with Gasteiger partial charge in [0.05, 0.1) is 12.8 Å². The first kappa shape index (κ1) is 22.6. The van der Waals surface area contributed by atoms with Gasteiger partial charge in [0.25, 0.3) is 0 Å². The van der Waals surface area contributed by atoms with Crippen LogP contribution in [-0.2, 0) is 10.5 Å². The van der Waals surface area contributed by atoms with Crippen LogP contribution >= 0.6 is 11.8 Å². The molecule has 0 atom stereocenters. The second kappa shape index (κ2) is 10.4. The fraction of sp³-hybridized carbons (Fsp3) is 0.280. The van der Waals surface area contributed by atoms with Crippen LogP contribution in [0.3, 0.4) is 0 Å². The fourth-order valence-corrected chi connectivity index (χ4v) is 4.68. The van der Waals surface area contributed by atoms with Gasteiger partial charge in [0.15, 0.2) is 11.0 Å². The molecule has 0 radical (unpaired) electrons. The van der Waals surface area contributed by atoms with Gasteiger partial charge in [-0.1, -0.05) is 42.1 Å². The third-order valence-corrected chi connectivity index (χ3v) is 6.67. The molecule has 168 valence electrons. The zero-order valence-electron chi connectivity index (χ0n) is 18.4. The maximum Gasteiger partial charge on any atom is 0.220 e. The average Bonchev–Trinajstić information content (AvgIpc) is 2.87. The summed E-state index contributed by atoms with van der Waals surface area (Å²) in [5, 5.41) is 10.7. The molecule has 3 aromatic rings. The van der Waals surface area contributed by atoms with Gasteiger partial charge in [-0.25, -0.2) is 9.97 Å². The second-order valence-electron chi connectivity index (χ2n) is 7.83. The van der Waals surface area contributed by atoms with Crippen molar-refractivity contribution in [1.29, 1.82) is 5.26 Å². The third kappa shape index (κ3) is 5.26. The lowest BCUT2D eigenvalue weighted by molar-refractivity contribution is -0.122. The molecule has 1 aliphatic rings. The Hall–Kier alpha value is -3.57. The smallest absolute Gasteiger partial charge is 0.220 e. The van der Waals surface area contributed by atoms with Crippen molar-refractivity contribution in [2.75, 3.05) is 25.1 Å². The van der Waals surface area contributed by atoms with Crippen LogP contribution in [-0.4, -0.2) is 36.1 Å². The van der Waals surface area contributed by atoms with Crippen molar-refractivity contribution in [3.63, 3.8) is 0 Å². The Morgan fingerprint density at radius 2 is 1.85 bits per heavy atom. The highest BCUT2D eigenvalue weighted by Gasteiger charge is 2.27. The fourth-order valence-electron chi connectivity index (χ4n) is 3.88. The molecule has 8 heteroatoms. The van der Waals surface area contributed by atoms with Crippen molar-refractivity contribution in [3.05, 3.63) is 65.7 Å². The van der Waals surface area contributed by atoms with Crippen molar-refractivity contribution in [2.45, 2.75) is 23.8 Å². The summed E-state index contributed by atoms with van der Waals surface area (Å²) in [5.41, 5.74) is 8.52. The van der Waals surface area contributed by atoms with Gasteiger partial charge in [0, 0.05) is 30.3 Å². The zero-order chi connectivity index (χ0) is 23.2. The van der Waals surface area contributed by atoms with E-state index in [0.717, 1.165) is 17.1 Å². The number of carbonyl (C=O) groups excluding carboxylic acids is 1. The van der Waals surface area contributed by atoms with Gasteiger partial charge in [-0.15, -0.1) is 0 Å². The molecule has 1 amide bonds. The predicted octanol–water partition coefficient (Wildman–Crippen LogP) is 4.02. The quantitative estimate of drug-likeness (QED) is 0.420. The molecular weight excluding hydrogens is 434 g/mol. The summed E-state index contributed by atoms with van der Waals surface area (Å²) >= 11 is 1.54. The Kier molecular flexibility index (Phi) is 7.10. The minimum atomic E-state index is -0.268. The van der Waals surface area contributed by atoms with Crippen LogP contribution in [0, 0.1) is 17.2 Å². The van der Waals surface area contributed by atoms with Gasteiger partial charge < -0.3 is 15.4 Å². The van der Waals surface area contributed by atoms with E-state index in [1.165, 1.54) is 17.3 Å². The van der Waals surface area contributed by atoms with Crippen LogP contribution in [0.5, 0.6) is 5.75 Å². The zero-order valence-corrected chi connectivity index (χ0v) is 19.2. The maximum absolute atomic E-state index is 11.6. The number of carbonyl (C=O) groups is 1. The Morgan fingerprint density at radius 3 is 2.45 bits per heavy atom. The summed E-state index contributed by atoms with van der Waals surface area (Å²) in [5.74, 6) is 1.66. The van der Waals surface area contributed by atoms with Crippen molar-refractivity contribution in [1.82, 2.24) is 9.97 Å². The average molecular weight is 460 g/mol. The minimum Gasteiger partial charge on any atom is -0.497 e. The molecule has 0 bridgehead atoms. The molecule has 33 heavy (non-hydrogen) atoms. The SMILES string of the molecule is COc1ccc(-c2nc(SCc3ccccc3)nc(N3CCC(C(N)=O)CC3)c2C#N)cc1. The first-order chi connectivity index (χ1) is 16.1. The van der Waals surface area contributed by atoms with Crippen LogP contribution in [0.25, 0.3) is 11.3 Å². The Morgan fingerprint density at radius 1 is 1.15 bits per heavy atom. The summed E-state index contributed by atoms with van der Waals surface area (Å²) in [7, 11) is 1.62. The summed E-state index contributed by atoms with van der Waals surface area (Å²) in [4.78, 5) is 23.2. The van der Waals surface area contributed by atoms with E-state index in [1.807, 2.05) is 42.5 Å². The molecule has 4 rings (SSSR count). The molecular formula is C25H25N5O2S. The summed E-state index contributed by atoms with van der Waals surface area (Å²) in [6.45, 7) is 1.23. The highest BCUT2D eigenvalue weighted by molar-refractivity contribution is 7.98. The molecule has 7 nitrogen and oxygen atoms in total. The van der Waals surface area contributed by atoms with Crippen LogP contribution in [0.2, 0.25) is 0 Å². The number of anilines is 1. The van der Waals surface area contributed by atoms with E-state index in [0.29, 0.717) is 48.2 Å². The van der Waals surface area contributed by atoms with Gasteiger partial charge >= 0.3 is 0 Å². The number of hydrogen-bond acceptors (Lipinski definition) is 7. The number of nitrogens with two attached hydrogens (primary N) is 1. The monoisotopic (exact) mass is 459 g/mol. The number of aromatic nitrogens is 2. The van der Waals surface area contributed by atoms with Crippen LogP contribution in [0.15, 0.2) is 59.8 Å². The third-order valence-electron chi connectivity index (χ3n) is 5.75. The van der Waals surface area contributed by atoms with E-state index in [9.17, 15) is 10.1 Å². The lowest BCUT2D eigenvalue weighted by atomic mass is 9.96. The summed E-state index contributed by atoms with van der Waals surface area (Å²) in [6.07, 6.45) is 1.29. The first-order valence-electron chi connectivity index (χ1n) is 10.8. The predicted molar refractivity (Wildman–Crippen MR) is 129 cm³/mol. The van der Waals surface area contributed by atoms with Crippen molar-refractivity contribution in [3.8, 4) is 23.1 Å². The number of benzene rings is 2. The number of primary amides is 1. The molecule has 0 aliphatic carbocycles. The number of methoxy groups -OCH3 is 1. The highest BCUT2D eigenvalue weighted by Crippen LogP contribution is 2.34. The van der Waals surface area contributed by atoms with Crippen molar-refractivity contribution >= 4 is 23.5 Å². The van der Waals surface area contributed by atoms with Gasteiger partial charge in [-0.2, -0.15) is 5.26 Å². The standard InChI is InChI=1S/C25H25N5O2S/c1-32-20-9-7-18(8-10-20)22-21(15-26)24(30-13-11-19(12-14-30)23(27)31)29-25(28-22)33-16-17-5-3-2-4-6-17/h2-10,19H,11-14,16H2,1H3,(H2,27,31). The van der Waals surface area contributed by atoms with Gasteiger partial charge in [-0.3, -0.25) is 4.79 Å². The molecule has 0 unspecified atom stereocenters. The number of nitrogens with zero attached hydrogens (tertiary/aromatic N) is 4. The van der Waals surface area contributed by atoms with E-state index in [2.05, 4.69) is 23.1 Å². The molecule has 2 heterocycles. The van der Waals surface area contributed by atoms with Crippen molar-refractivity contribution < 1.29 is 9.53 Å². The van der Waals surface area contributed by atoms with E-state index in [-0.39, 0.29) is 11.8 Å². The van der Waals surface area contributed by atoms with Gasteiger partial charge in [0.1, 0.15) is 17.4 Å². The van der Waals surface area contributed by atoms with E-state index >= 15 is 0 Å². The maximum atomic E-state index is 11.6. The lowest BCUT2D eigenvalue weighted by Gasteiger charge is -2.32. The van der Waals surface area contributed by atoms with E-state index in [1.54, 1.807) is 7.11 Å². The number of ether oxygens (including phenoxy) is 1. The topological polar surface area (TPSA) is 105 Å². The summed E-state index contributed by atoms with van der Waals surface area (Å²) < 4.78 is 5.27. The number of thioether (sulfide) groups is 1. The number of piperidine rings is 1. The normalized spacial score (nSPS) is 14.0. The van der Waals surface area contributed by atoms with Crippen LogP contribution < -0.4 is 15.4 Å². The first-order valence-corrected chi connectivity index (χ1v) is 11.7. The molecule has 1 fully saturated rings. The molecule has 2 aromatic carbocycles. The molecule has 1 aliphatic heterocycles. The van der Waals surface area contributed by atoms with Crippen LogP contribution in [0.4, 0.5) is 5.82 Å².